The molecule has 4 nitrogen and oxygen atoms in total. The van der Waals surface area contributed by atoms with Crippen LogP contribution in [0.15, 0.2) is 0 Å². The number of nitrogens with two attached hydrogens (primary N) is 1. The highest BCUT2D eigenvalue weighted by atomic mass is 16.2. The van der Waals surface area contributed by atoms with Crippen LogP contribution in [0.1, 0.15) is 20.3 Å². The first-order chi connectivity index (χ1) is 6.34. The van der Waals surface area contributed by atoms with E-state index in [1.165, 1.54) is 0 Å². The third-order valence-electron chi connectivity index (χ3n) is 3.13. The number of likely N-dealkylation sites (tertiary alicyclic amines) is 1. The summed E-state index contributed by atoms with van der Waals surface area (Å²) < 4.78 is 0. The van der Waals surface area contributed by atoms with Crippen molar-refractivity contribution in [2.75, 3.05) is 27.2 Å². The number of likely N-dealkylation sites (N-methyl/N-ethyl adjacent to an activating group) is 1. The van der Waals surface area contributed by atoms with E-state index in [0.29, 0.717) is 0 Å². The van der Waals surface area contributed by atoms with Gasteiger partial charge in [0.1, 0.15) is 0 Å². The van der Waals surface area contributed by atoms with Crippen molar-refractivity contribution >= 4 is 5.91 Å². The van der Waals surface area contributed by atoms with Crippen LogP contribution in [0.25, 0.3) is 0 Å². The Morgan fingerprint density at radius 2 is 2.14 bits per heavy atom. The third kappa shape index (κ3) is 2.25. The van der Waals surface area contributed by atoms with Crippen molar-refractivity contribution in [2.45, 2.75) is 31.8 Å². The fourth-order valence-electron chi connectivity index (χ4n) is 1.53. The molecule has 1 rings (SSSR count). The lowest BCUT2D eigenvalue weighted by molar-refractivity contribution is -0.130. The van der Waals surface area contributed by atoms with E-state index in [4.69, 9.17) is 5.73 Å². The number of hydrogen-bond donors (Lipinski definition) is 1. The van der Waals surface area contributed by atoms with Crippen LogP contribution in [0, 0.1) is 0 Å². The molecular weight excluding hydrogens is 178 g/mol. The van der Waals surface area contributed by atoms with Gasteiger partial charge in [0.25, 0.3) is 0 Å². The summed E-state index contributed by atoms with van der Waals surface area (Å²) in [6.45, 7) is 5.82. The van der Waals surface area contributed by atoms with Crippen molar-refractivity contribution in [3.63, 3.8) is 0 Å². The highest BCUT2D eigenvalue weighted by molar-refractivity contribution is 5.83. The van der Waals surface area contributed by atoms with E-state index in [1.807, 2.05) is 19.0 Å². The number of hydrogen-bond acceptors (Lipinski definition) is 3. The van der Waals surface area contributed by atoms with Crippen LogP contribution in [0.4, 0.5) is 0 Å². The van der Waals surface area contributed by atoms with Crippen molar-refractivity contribution in [3.8, 4) is 0 Å². The van der Waals surface area contributed by atoms with Gasteiger partial charge in [-0.25, -0.2) is 0 Å². The van der Waals surface area contributed by atoms with Gasteiger partial charge in [-0.3, -0.25) is 4.79 Å². The number of nitrogens with zero attached hydrogens (tertiary/aromatic N) is 2. The fourth-order valence-corrected chi connectivity index (χ4v) is 1.53. The maximum absolute atomic E-state index is 11.6. The molecule has 0 saturated carbocycles. The quantitative estimate of drug-likeness (QED) is 0.690. The van der Waals surface area contributed by atoms with Gasteiger partial charge in [0, 0.05) is 18.6 Å². The van der Waals surface area contributed by atoms with E-state index < -0.39 is 0 Å². The molecule has 1 aliphatic heterocycles. The van der Waals surface area contributed by atoms with E-state index >= 15 is 0 Å². The smallest absolute Gasteiger partial charge is 0.239 e. The largest absolute Gasteiger partial charge is 0.339 e. The Morgan fingerprint density at radius 1 is 1.57 bits per heavy atom. The Kier molecular flexibility index (Phi) is 3.17. The molecule has 4 heteroatoms. The van der Waals surface area contributed by atoms with Crippen LogP contribution in [-0.2, 0) is 4.79 Å². The predicted octanol–water partition coefficient (Wildman–Crippen LogP) is -0.114. The first-order valence-electron chi connectivity index (χ1n) is 5.06. The first kappa shape index (κ1) is 11.5. The van der Waals surface area contributed by atoms with E-state index in [9.17, 15) is 4.79 Å². The van der Waals surface area contributed by atoms with Gasteiger partial charge >= 0.3 is 0 Å². The Bertz CT molecular complexity index is 225. The lowest BCUT2D eigenvalue weighted by atomic mass is 10.0. The molecule has 1 aliphatic rings. The van der Waals surface area contributed by atoms with Crippen LogP contribution < -0.4 is 5.73 Å². The van der Waals surface area contributed by atoms with Crippen molar-refractivity contribution in [1.82, 2.24) is 9.80 Å². The van der Waals surface area contributed by atoms with Crippen molar-refractivity contribution in [1.29, 1.82) is 0 Å². The zero-order valence-electron chi connectivity index (χ0n) is 9.58. The van der Waals surface area contributed by atoms with Crippen molar-refractivity contribution in [2.24, 2.45) is 5.73 Å². The lowest BCUT2D eigenvalue weighted by Gasteiger charge is -2.36. The van der Waals surface area contributed by atoms with Gasteiger partial charge in [-0.05, 0) is 34.4 Å². The molecular formula is C10H21N3O. The molecule has 0 radical (unpaired) electrons. The normalized spacial score (nSPS) is 23.7. The predicted molar refractivity (Wildman–Crippen MR) is 56.9 cm³/mol. The molecule has 82 valence electrons. The zero-order valence-corrected chi connectivity index (χ0v) is 9.58. The maximum atomic E-state index is 11.6. The SMILES string of the molecule is CN(C)C(C)(C)CN1CCC(N)C1=O. The summed E-state index contributed by atoms with van der Waals surface area (Å²) in [5.74, 6) is 0.0972. The van der Waals surface area contributed by atoms with Gasteiger partial charge in [0.2, 0.25) is 5.91 Å². The highest BCUT2D eigenvalue weighted by Gasteiger charge is 2.33. The summed E-state index contributed by atoms with van der Waals surface area (Å²) in [6.07, 6.45) is 0.794. The number of carbonyl (C=O) groups excluding carboxylic acids is 1. The summed E-state index contributed by atoms with van der Waals surface area (Å²) in [5.41, 5.74) is 5.67. The minimum absolute atomic E-state index is 0.0136. The van der Waals surface area contributed by atoms with Crippen molar-refractivity contribution < 1.29 is 4.79 Å². The van der Waals surface area contributed by atoms with Crippen LogP contribution in [0.2, 0.25) is 0 Å². The van der Waals surface area contributed by atoms with E-state index in [-0.39, 0.29) is 17.5 Å². The molecule has 0 spiro atoms. The molecule has 0 bridgehead atoms. The van der Waals surface area contributed by atoms with Gasteiger partial charge in [0.15, 0.2) is 0 Å². The molecule has 1 heterocycles. The van der Waals surface area contributed by atoms with Gasteiger partial charge in [-0.1, -0.05) is 0 Å². The van der Waals surface area contributed by atoms with E-state index in [0.717, 1.165) is 19.5 Å². The molecule has 0 aromatic rings. The lowest BCUT2D eigenvalue weighted by Crippen LogP contribution is -2.49. The minimum atomic E-state index is -0.270. The summed E-state index contributed by atoms with van der Waals surface area (Å²) in [5, 5.41) is 0. The molecule has 14 heavy (non-hydrogen) atoms. The monoisotopic (exact) mass is 199 g/mol. The van der Waals surface area contributed by atoms with Crippen molar-refractivity contribution in [3.05, 3.63) is 0 Å². The molecule has 0 aliphatic carbocycles. The van der Waals surface area contributed by atoms with Crippen LogP contribution in [0.3, 0.4) is 0 Å². The number of amides is 1. The molecule has 0 aromatic heterocycles. The molecule has 1 fully saturated rings. The Balaban J connectivity index is 2.57. The molecule has 1 saturated heterocycles. The second kappa shape index (κ2) is 3.87. The van der Waals surface area contributed by atoms with Crippen LogP contribution in [0.5, 0.6) is 0 Å². The third-order valence-corrected chi connectivity index (χ3v) is 3.13. The summed E-state index contributed by atoms with van der Waals surface area (Å²) in [4.78, 5) is 15.6. The van der Waals surface area contributed by atoms with Crippen LogP contribution >= 0.6 is 0 Å². The molecule has 1 unspecified atom stereocenters. The average molecular weight is 199 g/mol. The Morgan fingerprint density at radius 3 is 2.50 bits per heavy atom. The standard InChI is InChI=1S/C10H21N3O/c1-10(2,12(3)4)7-13-6-5-8(11)9(13)14/h8H,5-7,11H2,1-4H3. The Labute approximate surface area is 86.0 Å². The maximum Gasteiger partial charge on any atom is 0.239 e. The van der Waals surface area contributed by atoms with Gasteiger partial charge in [0.05, 0.1) is 6.04 Å². The summed E-state index contributed by atoms with van der Waals surface area (Å²) in [6, 6.07) is -0.270. The Hall–Kier alpha value is -0.610. The topological polar surface area (TPSA) is 49.6 Å². The zero-order chi connectivity index (χ0) is 10.9. The van der Waals surface area contributed by atoms with E-state index in [1.54, 1.807) is 0 Å². The van der Waals surface area contributed by atoms with E-state index in [2.05, 4.69) is 18.7 Å². The molecule has 0 aromatic carbocycles. The molecule has 1 amide bonds. The highest BCUT2D eigenvalue weighted by Crippen LogP contribution is 2.17. The average Bonchev–Trinajstić information content (AvgIpc) is 2.35. The van der Waals surface area contributed by atoms with Crippen LogP contribution in [-0.4, -0.2) is 54.5 Å². The molecule has 2 N–H and O–H groups in total. The van der Waals surface area contributed by atoms with Gasteiger partial charge < -0.3 is 15.5 Å². The minimum Gasteiger partial charge on any atom is -0.339 e. The van der Waals surface area contributed by atoms with Gasteiger partial charge in [-0.15, -0.1) is 0 Å². The summed E-state index contributed by atoms with van der Waals surface area (Å²) >= 11 is 0. The number of rotatable bonds is 3. The number of carbonyl (C=O) groups is 1. The first-order valence-corrected chi connectivity index (χ1v) is 5.06. The second-order valence-electron chi connectivity index (χ2n) is 4.86. The fraction of sp³-hybridized carbons (Fsp3) is 0.900. The van der Waals surface area contributed by atoms with Gasteiger partial charge in [-0.2, -0.15) is 0 Å². The second-order valence-corrected chi connectivity index (χ2v) is 4.86. The molecule has 1 atom stereocenters. The summed E-state index contributed by atoms with van der Waals surface area (Å²) in [7, 11) is 4.06.